The molecule has 172 valence electrons. The Hall–Kier alpha value is -2.45. The molecule has 7 nitrogen and oxygen atoms in total. The zero-order valence-corrected chi connectivity index (χ0v) is 20.0. The first-order valence-electron chi connectivity index (χ1n) is 11.2. The molecule has 0 bridgehead atoms. The first-order chi connectivity index (χ1) is 15.2. The number of hydrogen-bond acceptors (Lipinski definition) is 5. The van der Waals surface area contributed by atoms with E-state index in [-0.39, 0.29) is 22.5 Å². The standard InChI is InChI=1S/C24H31N3O4S/c1-15-13-16(2)21(17(3)14-15)7-8-22-23(18(4)26-31-22)32(29,30)27-11-9-19(10-12-27)24(28)25-20-5-6-20/h7-8,13-14,19-20H,5-6,9-12H2,1-4H3,(H,25,28)/b8-7+. The van der Waals surface area contributed by atoms with E-state index >= 15 is 0 Å². The van der Waals surface area contributed by atoms with Crippen molar-refractivity contribution in [1.29, 1.82) is 0 Å². The Morgan fingerprint density at radius 1 is 1.06 bits per heavy atom. The minimum Gasteiger partial charge on any atom is -0.355 e. The van der Waals surface area contributed by atoms with Crippen LogP contribution in [0.4, 0.5) is 0 Å². The van der Waals surface area contributed by atoms with Crippen molar-refractivity contribution >= 4 is 28.1 Å². The average Bonchev–Trinajstić information content (AvgIpc) is 3.46. The van der Waals surface area contributed by atoms with Crippen molar-refractivity contribution in [3.05, 3.63) is 45.8 Å². The van der Waals surface area contributed by atoms with Gasteiger partial charge in [-0.2, -0.15) is 4.31 Å². The molecule has 4 rings (SSSR count). The van der Waals surface area contributed by atoms with Gasteiger partial charge in [-0.1, -0.05) is 28.9 Å². The van der Waals surface area contributed by atoms with Gasteiger partial charge < -0.3 is 9.84 Å². The van der Waals surface area contributed by atoms with Crippen LogP contribution in [0.5, 0.6) is 0 Å². The lowest BCUT2D eigenvalue weighted by atomic mass is 9.97. The lowest BCUT2D eigenvalue weighted by Crippen LogP contribution is -2.43. The molecule has 2 aliphatic rings. The molecule has 0 atom stereocenters. The highest BCUT2D eigenvalue weighted by atomic mass is 32.2. The topological polar surface area (TPSA) is 92.5 Å². The number of rotatable bonds is 6. The summed E-state index contributed by atoms with van der Waals surface area (Å²) in [5, 5.41) is 6.96. The van der Waals surface area contributed by atoms with Crippen LogP contribution in [0.3, 0.4) is 0 Å². The number of hydrogen-bond donors (Lipinski definition) is 1. The summed E-state index contributed by atoms with van der Waals surface area (Å²) in [6.07, 6.45) is 6.71. The number of nitrogens with zero attached hydrogens (tertiary/aromatic N) is 2. The van der Waals surface area contributed by atoms with E-state index in [9.17, 15) is 13.2 Å². The molecular weight excluding hydrogens is 426 g/mol. The quantitative estimate of drug-likeness (QED) is 0.713. The number of nitrogens with one attached hydrogen (secondary N) is 1. The third-order valence-corrected chi connectivity index (χ3v) is 8.38. The van der Waals surface area contributed by atoms with Crippen LogP contribution >= 0.6 is 0 Å². The van der Waals surface area contributed by atoms with Gasteiger partial charge in [0, 0.05) is 25.0 Å². The lowest BCUT2D eigenvalue weighted by molar-refractivity contribution is -0.126. The predicted molar refractivity (Wildman–Crippen MR) is 123 cm³/mol. The van der Waals surface area contributed by atoms with Gasteiger partial charge in [-0.3, -0.25) is 4.79 Å². The Morgan fingerprint density at radius 3 is 2.28 bits per heavy atom. The third kappa shape index (κ3) is 4.66. The summed E-state index contributed by atoms with van der Waals surface area (Å²) >= 11 is 0. The van der Waals surface area contributed by atoms with Crippen molar-refractivity contribution in [1.82, 2.24) is 14.8 Å². The van der Waals surface area contributed by atoms with Crippen molar-refractivity contribution in [3.63, 3.8) is 0 Å². The Kier molecular flexibility index (Phi) is 6.27. The van der Waals surface area contributed by atoms with Gasteiger partial charge in [0.1, 0.15) is 5.69 Å². The molecule has 1 aliphatic heterocycles. The molecule has 1 aliphatic carbocycles. The van der Waals surface area contributed by atoms with Crippen molar-refractivity contribution in [2.45, 2.75) is 64.3 Å². The van der Waals surface area contributed by atoms with Gasteiger partial charge in [0.25, 0.3) is 0 Å². The maximum atomic E-state index is 13.4. The number of aromatic nitrogens is 1. The molecule has 1 saturated carbocycles. The van der Waals surface area contributed by atoms with Crippen LogP contribution in [-0.4, -0.2) is 42.9 Å². The van der Waals surface area contributed by atoms with Gasteiger partial charge in [-0.25, -0.2) is 8.42 Å². The van der Waals surface area contributed by atoms with Crippen molar-refractivity contribution in [2.75, 3.05) is 13.1 Å². The first-order valence-corrected chi connectivity index (χ1v) is 12.6. The fourth-order valence-electron chi connectivity index (χ4n) is 4.45. The van der Waals surface area contributed by atoms with Gasteiger partial charge in [-0.15, -0.1) is 0 Å². The highest BCUT2D eigenvalue weighted by Gasteiger charge is 2.36. The molecule has 1 aromatic heterocycles. The van der Waals surface area contributed by atoms with Crippen LogP contribution < -0.4 is 5.32 Å². The van der Waals surface area contributed by atoms with E-state index in [0.29, 0.717) is 37.7 Å². The lowest BCUT2D eigenvalue weighted by Gasteiger charge is -2.30. The molecular formula is C24H31N3O4S. The van der Waals surface area contributed by atoms with E-state index in [0.717, 1.165) is 29.5 Å². The molecule has 0 radical (unpaired) electrons. The molecule has 1 amide bonds. The van der Waals surface area contributed by atoms with Gasteiger partial charge in [-0.05, 0) is 76.1 Å². The largest absolute Gasteiger partial charge is 0.355 e. The third-order valence-electron chi connectivity index (χ3n) is 6.32. The van der Waals surface area contributed by atoms with Crippen LogP contribution in [0.2, 0.25) is 0 Å². The predicted octanol–water partition coefficient (Wildman–Crippen LogP) is 3.76. The van der Waals surface area contributed by atoms with E-state index in [2.05, 4.69) is 29.5 Å². The second kappa shape index (κ2) is 8.83. The van der Waals surface area contributed by atoms with E-state index in [1.165, 1.54) is 9.87 Å². The summed E-state index contributed by atoms with van der Waals surface area (Å²) in [6, 6.07) is 4.51. The average molecular weight is 458 g/mol. The second-order valence-corrected chi connectivity index (χ2v) is 10.9. The van der Waals surface area contributed by atoms with Gasteiger partial charge in [0.15, 0.2) is 10.7 Å². The molecule has 1 N–H and O–H groups in total. The Labute approximate surface area is 189 Å². The zero-order valence-electron chi connectivity index (χ0n) is 19.1. The number of carbonyl (C=O) groups is 1. The second-order valence-electron chi connectivity index (χ2n) is 9.07. The molecule has 8 heteroatoms. The highest BCUT2D eigenvalue weighted by Crippen LogP contribution is 2.30. The summed E-state index contributed by atoms with van der Waals surface area (Å²) in [5.41, 5.74) is 4.80. The van der Waals surface area contributed by atoms with Crippen molar-refractivity contribution in [2.24, 2.45) is 5.92 Å². The first kappa shape index (κ1) is 22.7. The maximum absolute atomic E-state index is 13.4. The summed E-state index contributed by atoms with van der Waals surface area (Å²) < 4.78 is 33.7. The molecule has 1 saturated heterocycles. The van der Waals surface area contributed by atoms with Crippen LogP contribution in [0.25, 0.3) is 12.2 Å². The van der Waals surface area contributed by atoms with E-state index in [1.807, 2.05) is 19.9 Å². The molecule has 2 fully saturated rings. The minimum atomic E-state index is -3.78. The van der Waals surface area contributed by atoms with Crippen molar-refractivity contribution in [3.8, 4) is 0 Å². The van der Waals surface area contributed by atoms with Crippen LogP contribution in [0.1, 0.15) is 59.4 Å². The summed E-state index contributed by atoms with van der Waals surface area (Å²) in [4.78, 5) is 12.4. The van der Waals surface area contributed by atoms with E-state index in [1.54, 1.807) is 13.0 Å². The molecule has 1 aromatic carbocycles. The number of amides is 1. The molecule has 0 unspecified atom stereocenters. The Balaban J connectivity index is 1.53. The van der Waals surface area contributed by atoms with Gasteiger partial charge in [0.05, 0.1) is 0 Å². The normalized spacial score (nSPS) is 18.4. The summed E-state index contributed by atoms with van der Waals surface area (Å²) in [6.45, 7) is 8.39. The van der Waals surface area contributed by atoms with Crippen LogP contribution in [0.15, 0.2) is 21.6 Å². The highest BCUT2D eigenvalue weighted by molar-refractivity contribution is 7.89. The number of carbonyl (C=O) groups excluding carboxylic acids is 1. The molecule has 0 spiro atoms. The molecule has 2 aromatic rings. The summed E-state index contributed by atoms with van der Waals surface area (Å²) in [7, 11) is -3.78. The van der Waals surface area contributed by atoms with Gasteiger partial charge >= 0.3 is 0 Å². The van der Waals surface area contributed by atoms with E-state index < -0.39 is 10.0 Å². The zero-order chi connectivity index (χ0) is 23.0. The SMILES string of the molecule is Cc1cc(C)c(/C=C/c2onc(C)c2S(=O)(=O)N2CCC(C(=O)NC3CC3)CC2)c(C)c1. The minimum absolute atomic E-state index is 0.0539. The van der Waals surface area contributed by atoms with E-state index in [4.69, 9.17) is 4.52 Å². The summed E-state index contributed by atoms with van der Waals surface area (Å²) in [5.74, 6) is 0.158. The molecule has 2 heterocycles. The van der Waals surface area contributed by atoms with Crippen LogP contribution in [-0.2, 0) is 14.8 Å². The smallest absolute Gasteiger partial charge is 0.248 e. The van der Waals surface area contributed by atoms with Gasteiger partial charge in [0.2, 0.25) is 15.9 Å². The van der Waals surface area contributed by atoms with Crippen molar-refractivity contribution < 1.29 is 17.7 Å². The fraction of sp³-hybridized carbons (Fsp3) is 0.500. The van der Waals surface area contributed by atoms with Crippen LogP contribution in [0, 0.1) is 33.6 Å². The molecule has 32 heavy (non-hydrogen) atoms. The number of piperidine rings is 1. The fourth-order valence-corrected chi connectivity index (χ4v) is 6.17. The Bertz CT molecular complexity index is 1130. The maximum Gasteiger partial charge on any atom is 0.248 e. The number of sulfonamides is 1. The monoisotopic (exact) mass is 457 g/mol. The Morgan fingerprint density at radius 2 is 1.69 bits per heavy atom. The number of benzene rings is 1. The number of aryl methyl sites for hydroxylation is 4.